The molecule has 0 aromatic rings. The molecule has 0 aromatic heterocycles. The van der Waals surface area contributed by atoms with E-state index in [0.717, 1.165) is 37.8 Å². The summed E-state index contributed by atoms with van der Waals surface area (Å²) in [6.45, 7) is 3.21. The molecule has 2 rings (SSSR count). The van der Waals surface area contributed by atoms with E-state index in [0.29, 0.717) is 11.7 Å². The van der Waals surface area contributed by atoms with Crippen molar-refractivity contribution in [3.05, 3.63) is 0 Å². The van der Waals surface area contributed by atoms with Gasteiger partial charge in [-0.1, -0.05) is 19.8 Å². The summed E-state index contributed by atoms with van der Waals surface area (Å²) in [6, 6.07) is 0.740. The van der Waals surface area contributed by atoms with Gasteiger partial charge in [0, 0.05) is 24.9 Å². The van der Waals surface area contributed by atoms with Crippen LogP contribution in [0.1, 0.15) is 51.9 Å². The molecule has 15 heavy (non-hydrogen) atoms. The molecule has 2 nitrogen and oxygen atoms in total. The van der Waals surface area contributed by atoms with E-state index in [4.69, 9.17) is 0 Å². The Labute approximate surface area is 92.8 Å². The van der Waals surface area contributed by atoms with Crippen LogP contribution in [-0.4, -0.2) is 18.4 Å². The molecule has 0 unspecified atom stereocenters. The van der Waals surface area contributed by atoms with Crippen LogP contribution in [0.25, 0.3) is 0 Å². The maximum absolute atomic E-state index is 11.9. The van der Waals surface area contributed by atoms with Crippen molar-refractivity contribution in [3.63, 3.8) is 0 Å². The predicted molar refractivity (Wildman–Crippen MR) is 61.8 cm³/mol. The second kappa shape index (κ2) is 5.11. The molecule has 0 atom stereocenters. The molecule has 2 fully saturated rings. The lowest BCUT2D eigenvalue weighted by Gasteiger charge is -2.25. The first-order chi connectivity index (χ1) is 7.25. The van der Waals surface area contributed by atoms with Crippen molar-refractivity contribution < 1.29 is 4.79 Å². The van der Waals surface area contributed by atoms with Crippen LogP contribution in [0.15, 0.2) is 0 Å². The van der Waals surface area contributed by atoms with Gasteiger partial charge >= 0.3 is 0 Å². The van der Waals surface area contributed by atoms with Gasteiger partial charge in [0.1, 0.15) is 5.78 Å². The Balaban J connectivity index is 1.61. The quantitative estimate of drug-likeness (QED) is 0.754. The van der Waals surface area contributed by atoms with E-state index in [1.54, 1.807) is 0 Å². The van der Waals surface area contributed by atoms with Gasteiger partial charge in [0.05, 0.1) is 0 Å². The molecule has 0 heterocycles. The van der Waals surface area contributed by atoms with Crippen molar-refractivity contribution in [2.24, 2.45) is 11.8 Å². The highest BCUT2D eigenvalue weighted by Gasteiger charge is 2.25. The average Bonchev–Trinajstić information content (AvgIpc) is 3.02. The lowest BCUT2D eigenvalue weighted by atomic mass is 9.80. The van der Waals surface area contributed by atoms with Crippen LogP contribution in [0.3, 0.4) is 0 Å². The van der Waals surface area contributed by atoms with Gasteiger partial charge in [-0.3, -0.25) is 4.79 Å². The van der Waals surface area contributed by atoms with Crippen LogP contribution in [0, 0.1) is 11.8 Å². The number of hydrogen-bond acceptors (Lipinski definition) is 2. The second-order valence-corrected chi connectivity index (χ2v) is 5.40. The Bertz CT molecular complexity index is 215. The summed E-state index contributed by atoms with van der Waals surface area (Å²) in [5, 5.41) is 3.41. The second-order valence-electron chi connectivity index (χ2n) is 5.40. The first-order valence-corrected chi connectivity index (χ1v) is 6.52. The number of carbonyl (C=O) groups excluding carboxylic acids is 1. The van der Waals surface area contributed by atoms with Crippen LogP contribution in [-0.2, 0) is 4.79 Å². The Kier molecular flexibility index (Phi) is 3.79. The minimum atomic E-state index is 0.391. The Morgan fingerprint density at radius 1 is 1.13 bits per heavy atom. The molecule has 2 aliphatic rings. The molecular formula is C13H23NO. The van der Waals surface area contributed by atoms with E-state index in [2.05, 4.69) is 12.2 Å². The zero-order chi connectivity index (χ0) is 10.7. The molecule has 0 bridgehead atoms. The number of ketones is 1. The van der Waals surface area contributed by atoms with E-state index in [1.165, 1.54) is 25.7 Å². The molecule has 0 aromatic carbocycles. The molecule has 1 N–H and O–H groups in total. The van der Waals surface area contributed by atoms with Crippen molar-refractivity contribution >= 4 is 5.78 Å². The van der Waals surface area contributed by atoms with Crippen LogP contribution in [0.2, 0.25) is 0 Å². The number of carbonyl (C=O) groups is 1. The highest BCUT2D eigenvalue weighted by atomic mass is 16.1. The normalized spacial score (nSPS) is 31.5. The highest BCUT2D eigenvalue weighted by molar-refractivity contribution is 5.81. The smallest absolute Gasteiger partial charge is 0.137 e. The molecule has 2 heteroatoms. The largest absolute Gasteiger partial charge is 0.314 e. The zero-order valence-electron chi connectivity index (χ0n) is 9.80. The third-order valence-corrected chi connectivity index (χ3v) is 3.85. The molecule has 2 aliphatic carbocycles. The van der Waals surface area contributed by atoms with Crippen molar-refractivity contribution in [1.82, 2.24) is 5.32 Å². The monoisotopic (exact) mass is 209 g/mol. The van der Waals surface area contributed by atoms with Gasteiger partial charge in [-0.05, 0) is 31.6 Å². The van der Waals surface area contributed by atoms with Gasteiger partial charge in [0.15, 0.2) is 0 Å². The third kappa shape index (κ3) is 3.60. The van der Waals surface area contributed by atoms with Crippen LogP contribution in [0.5, 0.6) is 0 Å². The standard InChI is InChI=1S/C13H23NO/c1-10-2-4-11(5-3-10)13(15)8-9-14-12-6-7-12/h10-12,14H,2-9H2,1H3. The van der Waals surface area contributed by atoms with E-state index in [-0.39, 0.29) is 0 Å². The third-order valence-electron chi connectivity index (χ3n) is 3.85. The lowest BCUT2D eigenvalue weighted by molar-refractivity contribution is -0.123. The molecular weight excluding hydrogens is 186 g/mol. The van der Waals surface area contributed by atoms with Crippen LogP contribution >= 0.6 is 0 Å². The number of Topliss-reactive ketones (excluding diaryl/α,β-unsaturated/α-hetero) is 1. The molecule has 86 valence electrons. The summed E-state index contributed by atoms with van der Waals surface area (Å²) in [5.41, 5.74) is 0. The minimum Gasteiger partial charge on any atom is -0.314 e. The van der Waals surface area contributed by atoms with Crippen molar-refractivity contribution in [3.8, 4) is 0 Å². The van der Waals surface area contributed by atoms with Crippen molar-refractivity contribution in [1.29, 1.82) is 0 Å². The highest BCUT2D eigenvalue weighted by Crippen LogP contribution is 2.29. The van der Waals surface area contributed by atoms with Gasteiger partial charge in [-0.2, -0.15) is 0 Å². The van der Waals surface area contributed by atoms with Crippen LogP contribution < -0.4 is 5.32 Å². The lowest BCUT2D eigenvalue weighted by Crippen LogP contribution is -2.26. The first kappa shape index (κ1) is 11.1. The number of rotatable bonds is 5. The van der Waals surface area contributed by atoms with E-state index >= 15 is 0 Å². The fourth-order valence-electron chi connectivity index (χ4n) is 2.47. The summed E-state index contributed by atoms with van der Waals surface area (Å²) in [5.74, 6) is 1.75. The summed E-state index contributed by atoms with van der Waals surface area (Å²) in [7, 11) is 0. The molecule has 0 aliphatic heterocycles. The Hall–Kier alpha value is -0.370. The fraction of sp³-hybridized carbons (Fsp3) is 0.923. The Morgan fingerprint density at radius 2 is 1.80 bits per heavy atom. The van der Waals surface area contributed by atoms with Crippen molar-refractivity contribution in [2.75, 3.05) is 6.54 Å². The SMILES string of the molecule is CC1CCC(C(=O)CCNC2CC2)CC1. The van der Waals surface area contributed by atoms with Crippen molar-refractivity contribution in [2.45, 2.75) is 57.9 Å². The van der Waals surface area contributed by atoms with E-state index in [9.17, 15) is 4.79 Å². The Morgan fingerprint density at radius 3 is 2.40 bits per heavy atom. The van der Waals surface area contributed by atoms with E-state index in [1.807, 2.05) is 0 Å². The minimum absolute atomic E-state index is 0.391. The molecule has 0 radical (unpaired) electrons. The fourth-order valence-corrected chi connectivity index (χ4v) is 2.47. The van der Waals surface area contributed by atoms with Gasteiger partial charge < -0.3 is 5.32 Å². The molecule has 0 saturated heterocycles. The van der Waals surface area contributed by atoms with Gasteiger partial charge in [-0.15, -0.1) is 0 Å². The molecule has 0 amide bonds. The van der Waals surface area contributed by atoms with Gasteiger partial charge in [0.25, 0.3) is 0 Å². The molecule has 0 spiro atoms. The number of hydrogen-bond donors (Lipinski definition) is 1. The summed E-state index contributed by atoms with van der Waals surface area (Å²) in [6.07, 6.45) is 8.19. The predicted octanol–water partition coefficient (Wildman–Crippen LogP) is 2.52. The zero-order valence-corrected chi connectivity index (χ0v) is 9.80. The van der Waals surface area contributed by atoms with Gasteiger partial charge in [0.2, 0.25) is 0 Å². The van der Waals surface area contributed by atoms with E-state index < -0.39 is 0 Å². The maximum atomic E-state index is 11.9. The molecule has 2 saturated carbocycles. The average molecular weight is 209 g/mol. The summed E-state index contributed by atoms with van der Waals surface area (Å²) >= 11 is 0. The van der Waals surface area contributed by atoms with Crippen LogP contribution in [0.4, 0.5) is 0 Å². The van der Waals surface area contributed by atoms with Gasteiger partial charge in [-0.25, -0.2) is 0 Å². The number of nitrogens with one attached hydrogen (secondary N) is 1. The first-order valence-electron chi connectivity index (χ1n) is 6.52. The summed E-state index contributed by atoms with van der Waals surface area (Å²) < 4.78 is 0. The topological polar surface area (TPSA) is 29.1 Å². The maximum Gasteiger partial charge on any atom is 0.137 e. The summed E-state index contributed by atoms with van der Waals surface area (Å²) in [4.78, 5) is 11.9.